The molecule has 1 rings (SSSR count). The first-order valence-electron chi connectivity index (χ1n) is 5.17. The molecule has 80 valence electrons. The molecule has 1 heterocycles. The van der Waals surface area contributed by atoms with Gasteiger partial charge in [-0.1, -0.05) is 12.5 Å². The van der Waals surface area contributed by atoms with Crippen LogP contribution in [0.2, 0.25) is 0 Å². The summed E-state index contributed by atoms with van der Waals surface area (Å²) in [6, 6.07) is 0. The first-order chi connectivity index (χ1) is 6.65. The molecule has 0 atom stereocenters. The SMILES string of the molecule is CCC(C(=O)NCC1COC1)=C(C)C. The van der Waals surface area contributed by atoms with E-state index in [4.69, 9.17) is 4.74 Å². The lowest BCUT2D eigenvalue weighted by Crippen LogP contribution is -2.39. The minimum absolute atomic E-state index is 0.0828. The van der Waals surface area contributed by atoms with Crippen molar-refractivity contribution in [3.05, 3.63) is 11.1 Å². The van der Waals surface area contributed by atoms with Gasteiger partial charge in [-0.05, 0) is 20.3 Å². The van der Waals surface area contributed by atoms with Gasteiger partial charge in [0.1, 0.15) is 0 Å². The molecule has 3 heteroatoms. The van der Waals surface area contributed by atoms with Crippen LogP contribution in [0.4, 0.5) is 0 Å². The molecule has 0 bridgehead atoms. The van der Waals surface area contributed by atoms with E-state index in [1.165, 1.54) is 0 Å². The maximum atomic E-state index is 11.7. The zero-order valence-electron chi connectivity index (χ0n) is 9.22. The molecule has 0 radical (unpaired) electrons. The molecule has 0 aromatic heterocycles. The summed E-state index contributed by atoms with van der Waals surface area (Å²) < 4.78 is 5.04. The van der Waals surface area contributed by atoms with E-state index in [0.717, 1.165) is 37.3 Å². The Bertz CT molecular complexity index is 238. The quantitative estimate of drug-likeness (QED) is 0.693. The molecule has 1 amide bonds. The maximum Gasteiger partial charge on any atom is 0.247 e. The van der Waals surface area contributed by atoms with Crippen LogP contribution in [0, 0.1) is 5.92 Å². The van der Waals surface area contributed by atoms with Gasteiger partial charge in [0.15, 0.2) is 0 Å². The minimum Gasteiger partial charge on any atom is -0.381 e. The highest BCUT2D eigenvalue weighted by Crippen LogP contribution is 2.10. The van der Waals surface area contributed by atoms with E-state index in [2.05, 4.69) is 5.32 Å². The highest BCUT2D eigenvalue weighted by Gasteiger charge is 2.19. The average molecular weight is 197 g/mol. The largest absolute Gasteiger partial charge is 0.381 e. The fourth-order valence-corrected chi connectivity index (χ4v) is 1.49. The van der Waals surface area contributed by atoms with Gasteiger partial charge in [-0.2, -0.15) is 0 Å². The molecule has 1 aliphatic heterocycles. The number of nitrogens with one attached hydrogen (secondary N) is 1. The normalized spacial score (nSPS) is 15.9. The standard InChI is InChI=1S/C11H19NO2/c1-4-10(8(2)3)11(13)12-5-9-6-14-7-9/h9H,4-7H2,1-3H3,(H,12,13). The van der Waals surface area contributed by atoms with Gasteiger partial charge < -0.3 is 10.1 Å². The van der Waals surface area contributed by atoms with Crippen molar-refractivity contribution < 1.29 is 9.53 Å². The number of carbonyl (C=O) groups excluding carboxylic acids is 1. The topological polar surface area (TPSA) is 38.3 Å². The molecule has 0 unspecified atom stereocenters. The number of ether oxygens (including phenoxy) is 1. The molecule has 0 aromatic rings. The summed E-state index contributed by atoms with van der Waals surface area (Å²) in [5, 5.41) is 2.94. The molecule has 1 fully saturated rings. The molecule has 0 saturated carbocycles. The van der Waals surface area contributed by atoms with Gasteiger partial charge in [0, 0.05) is 18.0 Å². The fourth-order valence-electron chi connectivity index (χ4n) is 1.49. The van der Waals surface area contributed by atoms with Gasteiger partial charge in [0.2, 0.25) is 5.91 Å². The van der Waals surface area contributed by atoms with Crippen molar-refractivity contribution in [2.75, 3.05) is 19.8 Å². The van der Waals surface area contributed by atoms with Crippen molar-refractivity contribution in [1.29, 1.82) is 0 Å². The number of allylic oxidation sites excluding steroid dienone is 1. The van der Waals surface area contributed by atoms with Crippen molar-refractivity contribution in [2.45, 2.75) is 27.2 Å². The first-order valence-corrected chi connectivity index (χ1v) is 5.17. The van der Waals surface area contributed by atoms with Crippen molar-refractivity contribution >= 4 is 5.91 Å². The highest BCUT2D eigenvalue weighted by molar-refractivity contribution is 5.93. The van der Waals surface area contributed by atoms with Crippen LogP contribution in [-0.2, 0) is 9.53 Å². The van der Waals surface area contributed by atoms with Crippen LogP contribution in [-0.4, -0.2) is 25.7 Å². The number of carbonyl (C=O) groups is 1. The van der Waals surface area contributed by atoms with Crippen LogP contribution < -0.4 is 5.32 Å². The number of rotatable bonds is 4. The predicted molar refractivity (Wildman–Crippen MR) is 56.0 cm³/mol. The van der Waals surface area contributed by atoms with Crippen LogP contribution >= 0.6 is 0 Å². The molecule has 3 nitrogen and oxygen atoms in total. The monoisotopic (exact) mass is 197 g/mol. The summed E-state index contributed by atoms with van der Waals surface area (Å²) in [5.41, 5.74) is 2.01. The predicted octanol–water partition coefficient (Wildman–Crippen LogP) is 1.50. The lowest BCUT2D eigenvalue weighted by Gasteiger charge is -2.26. The first kappa shape index (κ1) is 11.2. The summed E-state index contributed by atoms with van der Waals surface area (Å²) in [6.45, 7) is 8.28. The van der Waals surface area contributed by atoms with Crippen LogP contribution in [0.25, 0.3) is 0 Å². The van der Waals surface area contributed by atoms with Gasteiger partial charge in [-0.25, -0.2) is 0 Å². The molecular formula is C11H19NO2. The molecule has 1 aliphatic rings. The van der Waals surface area contributed by atoms with E-state index in [9.17, 15) is 4.79 Å². The van der Waals surface area contributed by atoms with Gasteiger partial charge in [0.05, 0.1) is 13.2 Å². The van der Waals surface area contributed by atoms with E-state index in [0.29, 0.717) is 5.92 Å². The number of amides is 1. The van der Waals surface area contributed by atoms with E-state index in [1.807, 2.05) is 20.8 Å². The van der Waals surface area contributed by atoms with E-state index in [-0.39, 0.29) is 5.91 Å². The maximum absolute atomic E-state index is 11.7. The zero-order valence-corrected chi connectivity index (χ0v) is 9.22. The summed E-state index contributed by atoms with van der Waals surface area (Å²) in [4.78, 5) is 11.7. The number of hydrogen-bond donors (Lipinski definition) is 1. The van der Waals surface area contributed by atoms with Crippen LogP contribution in [0.5, 0.6) is 0 Å². The third-order valence-corrected chi connectivity index (χ3v) is 2.49. The summed E-state index contributed by atoms with van der Waals surface area (Å²) in [5.74, 6) is 0.605. The van der Waals surface area contributed by atoms with Gasteiger partial charge >= 0.3 is 0 Å². The van der Waals surface area contributed by atoms with Crippen molar-refractivity contribution in [3.8, 4) is 0 Å². The molecule has 0 aromatic carbocycles. The molecule has 1 saturated heterocycles. The highest BCUT2D eigenvalue weighted by atomic mass is 16.5. The van der Waals surface area contributed by atoms with E-state index in [1.54, 1.807) is 0 Å². The molecule has 14 heavy (non-hydrogen) atoms. The summed E-state index contributed by atoms with van der Waals surface area (Å²) >= 11 is 0. The average Bonchev–Trinajstić information content (AvgIpc) is 2.01. The Labute approximate surface area is 85.5 Å². The molecule has 0 aliphatic carbocycles. The fraction of sp³-hybridized carbons (Fsp3) is 0.727. The van der Waals surface area contributed by atoms with Crippen molar-refractivity contribution in [1.82, 2.24) is 5.32 Å². The van der Waals surface area contributed by atoms with E-state index >= 15 is 0 Å². The number of hydrogen-bond acceptors (Lipinski definition) is 2. The minimum atomic E-state index is 0.0828. The Balaban J connectivity index is 2.35. The van der Waals surface area contributed by atoms with Crippen molar-refractivity contribution in [3.63, 3.8) is 0 Å². The Hall–Kier alpha value is -0.830. The second-order valence-corrected chi connectivity index (χ2v) is 3.95. The van der Waals surface area contributed by atoms with Crippen LogP contribution in [0.1, 0.15) is 27.2 Å². The van der Waals surface area contributed by atoms with Crippen molar-refractivity contribution in [2.24, 2.45) is 5.92 Å². The van der Waals surface area contributed by atoms with Gasteiger partial charge in [-0.15, -0.1) is 0 Å². The lowest BCUT2D eigenvalue weighted by atomic mass is 10.1. The Morgan fingerprint density at radius 2 is 2.07 bits per heavy atom. The second kappa shape index (κ2) is 5.15. The van der Waals surface area contributed by atoms with Gasteiger partial charge in [0.25, 0.3) is 0 Å². The zero-order chi connectivity index (χ0) is 10.6. The van der Waals surface area contributed by atoms with E-state index < -0.39 is 0 Å². The second-order valence-electron chi connectivity index (χ2n) is 3.95. The smallest absolute Gasteiger partial charge is 0.247 e. The molecule has 1 N–H and O–H groups in total. The van der Waals surface area contributed by atoms with Crippen LogP contribution in [0.3, 0.4) is 0 Å². The van der Waals surface area contributed by atoms with Crippen LogP contribution in [0.15, 0.2) is 11.1 Å². The Morgan fingerprint density at radius 1 is 1.43 bits per heavy atom. The molecular weight excluding hydrogens is 178 g/mol. The Kier molecular flexibility index (Phi) is 4.14. The third kappa shape index (κ3) is 2.84. The van der Waals surface area contributed by atoms with Gasteiger partial charge in [-0.3, -0.25) is 4.79 Å². The Morgan fingerprint density at radius 3 is 2.43 bits per heavy atom. The third-order valence-electron chi connectivity index (χ3n) is 2.49. The summed E-state index contributed by atoms with van der Waals surface area (Å²) in [6.07, 6.45) is 0.801. The lowest BCUT2D eigenvalue weighted by molar-refractivity contribution is -0.118. The summed E-state index contributed by atoms with van der Waals surface area (Å²) in [7, 11) is 0. The molecule has 0 spiro atoms.